The first-order valence-electron chi connectivity index (χ1n) is 5.30. The first-order valence-corrected chi connectivity index (χ1v) is 5.30. The van der Waals surface area contributed by atoms with Crippen molar-refractivity contribution >= 4 is 11.6 Å². The third-order valence-corrected chi connectivity index (χ3v) is 3.24. The van der Waals surface area contributed by atoms with Crippen molar-refractivity contribution in [2.45, 2.75) is 41.0 Å². The molecule has 0 aromatic carbocycles. The molecular formula is C13H18O2. The third kappa shape index (κ3) is 1.94. The maximum atomic E-state index is 12.0. The highest BCUT2D eigenvalue weighted by molar-refractivity contribution is 6.22. The molecule has 0 amide bonds. The fraction of sp³-hybridized carbons (Fsp3) is 0.538. The van der Waals surface area contributed by atoms with Gasteiger partial charge in [-0.15, -0.1) is 0 Å². The Morgan fingerprint density at radius 3 is 2.20 bits per heavy atom. The molecule has 0 saturated carbocycles. The molecule has 0 aromatic rings. The lowest BCUT2D eigenvalue weighted by molar-refractivity contribution is -0.116. The molecule has 15 heavy (non-hydrogen) atoms. The number of hydrogen-bond acceptors (Lipinski definition) is 2. The number of allylic oxidation sites excluding steroid dienone is 4. The standard InChI is InChI=1S/C13H18O2/c1-6-13(4,5)11-9(3)10(14)7-8(2)12(11)15/h7H,6H2,1-5H3. The first-order chi connectivity index (χ1) is 6.81. The fourth-order valence-corrected chi connectivity index (χ4v) is 1.85. The monoisotopic (exact) mass is 206 g/mol. The van der Waals surface area contributed by atoms with E-state index in [1.807, 2.05) is 20.8 Å². The van der Waals surface area contributed by atoms with Crippen LogP contribution < -0.4 is 0 Å². The van der Waals surface area contributed by atoms with Crippen molar-refractivity contribution in [2.24, 2.45) is 5.41 Å². The van der Waals surface area contributed by atoms with E-state index in [0.29, 0.717) is 16.7 Å². The highest BCUT2D eigenvalue weighted by atomic mass is 16.1. The van der Waals surface area contributed by atoms with Gasteiger partial charge in [-0.2, -0.15) is 0 Å². The van der Waals surface area contributed by atoms with Crippen LogP contribution in [0.15, 0.2) is 22.8 Å². The van der Waals surface area contributed by atoms with Crippen molar-refractivity contribution < 1.29 is 9.59 Å². The zero-order valence-corrected chi connectivity index (χ0v) is 10.1. The molecule has 0 aromatic heterocycles. The van der Waals surface area contributed by atoms with E-state index in [1.54, 1.807) is 13.8 Å². The number of hydrogen-bond donors (Lipinski definition) is 0. The second kappa shape index (κ2) is 3.76. The minimum absolute atomic E-state index is 0.0244. The number of ketones is 2. The summed E-state index contributed by atoms with van der Waals surface area (Å²) in [5.74, 6) is 0.00238. The maximum absolute atomic E-state index is 12.0. The molecule has 2 heteroatoms. The lowest BCUT2D eigenvalue weighted by Crippen LogP contribution is -2.27. The Kier molecular flexibility index (Phi) is 2.98. The van der Waals surface area contributed by atoms with Crippen LogP contribution in [0.1, 0.15) is 41.0 Å². The Labute approximate surface area is 91.1 Å². The molecular weight excluding hydrogens is 188 g/mol. The summed E-state index contributed by atoms with van der Waals surface area (Å²) in [6, 6.07) is 0. The van der Waals surface area contributed by atoms with E-state index in [9.17, 15) is 9.59 Å². The highest BCUT2D eigenvalue weighted by Crippen LogP contribution is 2.36. The Morgan fingerprint density at radius 1 is 1.20 bits per heavy atom. The van der Waals surface area contributed by atoms with E-state index in [0.717, 1.165) is 6.42 Å². The average Bonchev–Trinajstić information content (AvgIpc) is 2.15. The van der Waals surface area contributed by atoms with Gasteiger partial charge in [-0.3, -0.25) is 9.59 Å². The molecule has 1 rings (SSSR count). The van der Waals surface area contributed by atoms with Crippen LogP contribution in [-0.4, -0.2) is 11.6 Å². The zero-order chi connectivity index (χ0) is 11.8. The van der Waals surface area contributed by atoms with Crippen LogP contribution in [0.25, 0.3) is 0 Å². The minimum atomic E-state index is -0.216. The summed E-state index contributed by atoms with van der Waals surface area (Å²) in [5.41, 5.74) is 1.64. The second-order valence-corrected chi connectivity index (χ2v) is 4.76. The molecule has 0 unspecified atom stereocenters. The van der Waals surface area contributed by atoms with Gasteiger partial charge in [0.05, 0.1) is 0 Å². The van der Waals surface area contributed by atoms with Crippen molar-refractivity contribution in [3.8, 4) is 0 Å². The summed E-state index contributed by atoms with van der Waals surface area (Å²) < 4.78 is 0. The van der Waals surface area contributed by atoms with Crippen LogP contribution in [0.3, 0.4) is 0 Å². The Balaban J connectivity index is 3.32. The smallest absolute Gasteiger partial charge is 0.185 e. The summed E-state index contributed by atoms with van der Waals surface area (Å²) in [5, 5.41) is 0. The molecule has 0 atom stereocenters. The van der Waals surface area contributed by atoms with Crippen LogP contribution in [0.4, 0.5) is 0 Å². The molecule has 0 bridgehead atoms. The molecule has 82 valence electrons. The molecule has 0 fully saturated rings. The number of rotatable bonds is 2. The van der Waals surface area contributed by atoms with E-state index in [4.69, 9.17) is 0 Å². The quantitative estimate of drug-likeness (QED) is 0.651. The predicted molar refractivity (Wildman–Crippen MR) is 60.5 cm³/mol. The van der Waals surface area contributed by atoms with Gasteiger partial charge in [0, 0.05) is 16.7 Å². The molecule has 0 spiro atoms. The molecule has 1 aliphatic rings. The molecule has 2 nitrogen and oxygen atoms in total. The van der Waals surface area contributed by atoms with E-state index in [1.165, 1.54) is 6.08 Å². The third-order valence-electron chi connectivity index (χ3n) is 3.24. The van der Waals surface area contributed by atoms with Gasteiger partial charge in [0.25, 0.3) is 0 Å². The maximum Gasteiger partial charge on any atom is 0.185 e. The van der Waals surface area contributed by atoms with Gasteiger partial charge >= 0.3 is 0 Å². The lowest BCUT2D eigenvalue weighted by Gasteiger charge is -2.29. The fourth-order valence-electron chi connectivity index (χ4n) is 1.85. The zero-order valence-electron chi connectivity index (χ0n) is 10.1. The van der Waals surface area contributed by atoms with Gasteiger partial charge in [-0.05, 0) is 31.8 Å². The first kappa shape index (κ1) is 11.9. The van der Waals surface area contributed by atoms with Gasteiger partial charge in [0.2, 0.25) is 0 Å². The Bertz CT molecular complexity index is 381. The van der Waals surface area contributed by atoms with Crippen molar-refractivity contribution in [1.29, 1.82) is 0 Å². The van der Waals surface area contributed by atoms with Crippen LogP contribution in [0.5, 0.6) is 0 Å². The number of Topliss-reactive ketones (excluding diaryl/α,β-unsaturated/α-hetero) is 1. The van der Waals surface area contributed by atoms with Gasteiger partial charge in [0.1, 0.15) is 0 Å². The normalized spacial score (nSPS) is 18.3. The lowest BCUT2D eigenvalue weighted by atomic mass is 9.73. The average molecular weight is 206 g/mol. The summed E-state index contributed by atoms with van der Waals surface area (Å²) in [6.07, 6.45) is 2.29. The second-order valence-electron chi connectivity index (χ2n) is 4.76. The molecule has 0 aliphatic heterocycles. The number of carbonyl (C=O) groups is 2. The topological polar surface area (TPSA) is 34.1 Å². The highest BCUT2D eigenvalue weighted by Gasteiger charge is 2.33. The van der Waals surface area contributed by atoms with Crippen molar-refractivity contribution in [3.05, 3.63) is 22.8 Å². The van der Waals surface area contributed by atoms with E-state index < -0.39 is 0 Å². The van der Waals surface area contributed by atoms with E-state index in [-0.39, 0.29) is 17.0 Å². The van der Waals surface area contributed by atoms with Gasteiger partial charge in [0.15, 0.2) is 11.6 Å². The van der Waals surface area contributed by atoms with Crippen LogP contribution in [0.2, 0.25) is 0 Å². The predicted octanol–water partition coefficient (Wildman–Crippen LogP) is 2.84. The van der Waals surface area contributed by atoms with Crippen LogP contribution >= 0.6 is 0 Å². The van der Waals surface area contributed by atoms with Crippen molar-refractivity contribution in [3.63, 3.8) is 0 Å². The minimum Gasteiger partial charge on any atom is -0.290 e. The summed E-state index contributed by atoms with van der Waals surface area (Å²) in [6.45, 7) is 9.51. The molecule has 0 N–H and O–H groups in total. The largest absolute Gasteiger partial charge is 0.290 e. The van der Waals surface area contributed by atoms with Crippen molar-refractivity contribution in [2.75, 3.05) is 0 Å². The summed E-state index contributed by atoms with van der Waals surface area (Å²) >= 11 is 0. The van der Waals surface area contributed by atoms with Crippen LogP contribution in [0, 0.1) is 5.41 Å². The van der Waals surface area contributed by atoms with E-state index >= 15 is 0 Å². The van der Waals surface area contributed by atoms with Gasteiger partial charge in [-0.1, -0.05) is 20.8 Å². The molecule has 0 radical (unpaired) electrons. The number of carbonyl (C=O) groups excluding carboxylic acids is 2. The molecule has 0 heterocycles. The van der Waals surface area contributed by atoms with Gasteiger partial charge in [-0.25, -0.2) is 0 Å². The summed E-state index contributed by atoms with van der Waals surface area (Å²) in [4.78, 5) is 23.6. The van der Waals surface area contributed by atoms with E-state index in [2.05, 4.69) is 0 Å². The SMILES string of the molecule is CCC(C)(C)C1=C(C)C(=O)C=C(C)C1=O. The molecule has 0 saturated heterocycles. The summed E-state index contributed by atoms with van der Waals surface area (Å²) in [7, 11) is 0. The molecule has 1 aliphatic carbocycles. The van der Waals surface area contributed by atoms with Crippen molar-refractivity contribution in [1.82, 2.24) is 0 Å². The van der Waals surface area contributed by atoms with Gasteiger partial charge < -0.3 is 0 Å². The Morgan fingerprint density at radius 2 is 1.73 bits per heavy atom. The Hall–Kier alpha value is -1.18. The van der Waals surface area contributed by atoms with Crippen LogP contribution in [-0.2, 0) is 9.59 Å².